The van der Waals surface area contributed by atoms with Gasteiger partial charge in [0, 0.05) is 61.3 Å². The normalized spacial score (nSPS) is 22.4. The van der Waals surface area contributed by atoms with Gasteiger partial charge in [-0.15, -0.1) is 0 Å². The number of fused-ring (bicyclic) bond motifs is 1. The van der Waals surface area contributed by atoms with E-state index in [2.05, 4.69) is 9.97 Å². The van der Waals surface area contributed by atoms with Crippen molar-refractivity contribution in [3.8, 4) is 0 Å². The zero-order valence-electron chi connectivity index (χ0n) is 16.8. The predicted molar refractivity (Wildman–Crippen MR) is 112 cm³/mol. The Kier molecular flexibility index (Phi) is 4.75. The molecule has 154 valence electrons. The van der Waals surface area contributed by atoms with Crippen LogP contribution in [0.15, 0.2) is 55.0 Å². The van der Waals surface area contributed by atoms with E-state index in [9.17, 15) is 9.59 Å². The van der Waals surface area contributed by atoms with Crippen molar-refractivity contribution < 1.29 is 14.3 Å². The number of methoxy groups -OCH3 is 1. The molecule has 0 unspecified atom stereocenters. The quantitative estimate of drug-likeness (QED) is 0.679. The van der Waals surface area contributed by atoms with Gasteiger partial charge >= 0.3 is 0 Å². The second-order valence-electron chi connectivity index (χ2n) is 7.90. The smallest absolute Gasteiger partial charge is 0.255 e. The first-order valence-electron chi connectivity index (χ1n) is 10.3. The Hall–Kier alpha value is -3.19. The molecule has 4 heterocycles. The number of H-pyrrole nitrogens is 1. The molecular formula is C23H24N4O3. The number of pyridine rings is 1. The average Bonchev–Trinajstić information content (AvgIpc) is 3.27. The van der Waals surface area contributed by atoms with Crippen LogP contribution in [0.1, 0.15) is 34.8 Å². The van der Waals surface area contributed by atoms with Crippen LogP contribution < -0.4 is 0 Å². The number of hydrogen-bond acceptors (Lipinski definition) is 4. The highest BCUT2D eigenvalue weighted by Gasteiger charge is 2.51. The van der Waals surface area contributed by atoms with Crippen molar-refractivity contribution in [3.63, 3.8) is 0 Å². The van der Waals surface area contributed by atoms with Crippen LogP contribution in [0.5, 0.6) is 0 Å². The molecule has 0 bridgehead atoms. The lowest BCUT2D eigenvalue weighted by Gasteiger charge is -2.52. The van der Waals surface area contributed by atoms with Crippen LogP contribution in [-0.2, 0) is 9.53 Å². The molecule has 2 amide bonds. The Balaban J connectivity index is 1.30. The number of benzene rings is 1. The van der Waals surface area contributed by atoms with E-state index in [1.165, 1.54) is 0 Å². The molecule has 3 aromatic rings. The summed E-state index contributed by atoms with van der Waals surface area (Å²) < 4.78 is 5.46. The van der Waals surface area contributed by atoms with Crippen LogP contribution in [-0.4, -0.2) is 63.9 Å². The maximum absolute atomic E-state index is 13.1. The molecule has 7 nitrogen and oxygen atoms in total. The lowest BCUT2D eigenvalue weighted by Crippen LogP contribution is -2.64. The van der Waals surface area contributed by atoms with Gasteiger partial charge in [-0.1, -0.05) is 6.07 Å². The summed E-state index contributed by atoms with van der Waals surface area (Å²) in [5.74, 6) is 0.0789. The third-order valence-corrected chi connectivity index (χ3v) is 6.36. The van der Waals surface area contributed by atoms with E-state index in [4.69, 9.17) is 4.74 Å². The zero-order valence-corrected chi connectivity index (χ0v) is 16.8. The second kappa shape index (κ2) is 7.57. The van der Waals surface area contributed by atoms with Crippen molar-refractivity contribution in [2.75, 3.05) is 20.2 Å². The van der Waals surface area contributed by atoms with E-state index < -0.39 is 6.10 Å². The highest BCUT2D eigenvalue weighted by atomic mass is 16.5. The number of ether oxygens (including phenoxy) is 1. The minimum absolute atomic E-state index is 0.0289. The van der Waals surface area contributed by atoms with Crippen LogP contribution in [0.4, 0.5) is 0 Å². The zero-order chi connectivity index (χ0) is 20.7. The third-order valence-electron chi connectivity index (χ3n) is 6.36. The molecule has 5 rings (SSSR count). The van der Waals surface area contributed by atoms with Crippen molar-refractivity contribution in [2.24, 2.45) is 0 Å². The number of nitrogens with one attached hydrogen (secondary N) is 1. The highest BCUT2D eigenvalue weighted by molar-refractivity contribution is 6.06. The summed E-state index contributed by atoms with van der Waals surface area (Å²) in [5.41, 5.74) is 2.73. The molecule has 2 aliphatic heterocycles. The highest BCUT2D eigenvalue weighted by Crippen LogP contribution is 2.40. The van der Waals surface area contributed by atoms with Crippen molar-refractivity contribution in [3.05, 3.63) is 66.1 Å². The van der Waals surface area contributed by atoms with Gasteiger partial charge in [-0.2, -0.15) is 0 Å². The number of carbonyl (C=O) groups excluding carboxylic acids is 2. The van der Waals surface area contributed by atoms with E-state index in [0.29, 0.717) is 13.1 Å². The summed E-state index contributed by atoms with van der Waals surface area (Å²) in [6, 6.07) is 11.6. The van der Waals surface area contributed by atoms with Gasteiger partial charge in [0.1, 0.15) is 0 Å². The predicted octanol–water partition coefficient (Wildman–Crippen LogP) is 2.77. The van der Waals surface area contributed by atoms with Crippen LogP contribution in [0.25, 0.3) is 10.9 Å². The topological polar surface area (TPSA) is 78.5 Å². The Morgan fingerprint density at radius 1 is 1.13 bits per heavy atom. The SMILES string of the molecule is CO[C@H]1C(=O)N(C2CCN(C(=O)c3cccc4[nH]ccc34)CC2)[C@H]1c1ccncc1. The second-order valence-corrected chi connectivity index (χ2v) is 7.90. The first kappa shape index (κ1) is 18.8. The molecule has 7 heteroatoms. The fourth-order valence-electron chi connectivity index (χ4n) is 4.80. The summed E-state index contributed by atoms with van der Waals surface area (Å²) in [5, 5.41) is 0.947. The van der Waals surface area contributed by atoms with E-state index in [1.807, 2.05) is 52.4 Å². The van der Waals surface area contributed by atoms with Crippen molar-refractivity contribution in [1.82, 2.24) is 19.8 Å². The van der Waals surface area contributed by atoms with Crippen molar-refractivity contribution in [2.45, 2.75) is 31.0 Å². The van der Waals surface area contributed by atoms with E-state index in [0.717, 1.165) is 34.9 Å². The molecule has 30 heavy (non-hydrogen) atoms. The molecule has 0 saturated carbocycles. The summed E-state index contributed by atoms with van der Waals surface area (Å²) in [7, 11) is 1.58. The van der Waals surface area contributed by atoms with Gasteiger partial charge in [-0.05, 0) is 48.7 Å². The minimum Gasteiger partial charge on any atom is -0.369 e. The Bertz CT molecular complexity index is 1070. The fourth-order valence-corrected chi connectivity index (χ4v) is 4.80. The molecule has 2 fully saturated rings. The van der Waals surface area contributed by atoms with Gasteiger partial charge in [0.25, 0.3) is 11.8 Å². The van der Waals surface area contributed by atoms with E-state index in [1.54, 1.807) is 19.5 Å². The summed E-state index contributed by atoms with van der Waals surface area (Å²) in [6.45, 7) is 1.27. The lowest BCUT2D eigenvalue weighted by molar-refractivity contribution is -0.178. The van der Waals surface area contributed by atoms with Crippen LogP contribution in [0, 0.1) is 0 Å². The summed E-state index contributed by atoms with van der Waals surface area (Å²) in [4.78, 5) is 36.9. The third kappa shape index (κ3) is 2.97. The maximum atomic E-state index is 13.1. The Labute approximate surface area is 174 Å². The van der Waals surface area contributed by atoms with Crippen LogP contribution in [0.2, 0.25) is 0 Å². The van der Waals surface area contributed by atoms with Crippen molar-refractivity contribution in [1.29, 1.82) is 0 Å². The van der Waals surface area contributed by atoms with Crippen molar-refractivity contribution >= 4 is 22.7 Å². The molecule has 0 aliphatic carbocycles. The number of likely N-dealkylation sites (tertiary alicyclic amines) is 2. The van der Waals surface area contributed by atoms with Gasteiger partial charge in [-0.25, -0.2) is 0 Å². The van der Waals surface area contributed by atoms with Crippen LogP contribution >= 0.6 is 0 Å². The number of aromatic amines is 1. The number of piperidine rings is 1. The summed E-state index contributed by atoms with van der Waals surface area (Å²) in [6.07, 6.45) is 6.42. The summed E-state index contributed by atoms with van der Waals surface area (Å²) >= 11 is 0. The lowest BCUT2D eigenvalue weighted by atomic mass is 9.86. The molecule has 2 aromatic heterocycles. The number of carbonyl (C=O) groups is 2. The minimum atomic E-state index is -0.446. The first-order chi connectivity index (χ1) is 14.7. The molecule has 2 saturated heterocycles. The fraction of sp³-hybridized carbons (Fsp3) is 0.348. The molecule has 2 aliphatic rings. The molecule has 2 atom stereocenters. The number of hydrogen-bond donors (Lipinski definition) is 1. The number of amides is 2. The van der Waals surface area contributed by atoms with Gasteiger partial charge in [0.2, 0.25) is 0 Å². The van der Waals surface area contributed by atoms with Gasteiger partial charge in [0.05, 0.1) is 6.04 Å². The van der Waals surface area contributed by atoms with E-state index in [-0.39, 0.29) is 23.9 Å². The number of nitrogens with zero attached hydrogens (tertiary/aromatic N) is 3. The largest absolute Gasteiger partial charge is 0.369 e. The van der Waals surface area contributed by atoms with Gasteiger partial charge < -0.3 is 19.5 Å². The standard InChI is InChI=1S/C23H24N4O3/c1-30-21-20(15-5-10-24-11-6-15)27(23(21)29)16-8-13-26(14-9-16)22(28)18-3-2-4-19-17(18)7-12-25-19/h2-7,10-12,16,20-21,25H,8-9,13-14H2,1H3/t20-,21+/m0/s1. The van der Waals surface area contributed by atoms with E-state index >= 15 is 0 Å². The van der Waals surface area contributed by atoms with Gasteiger partial charge in [0.15, 0.2) is 6.10 Å². The maximum Gasteiger partial charge on any atom is 0.255 e. The molecule has 0 radical (unpaired) electrons. The number of aromatic nitrogens is 2. The molecular weight excluding hydrogens is 380 g/mol. The van der Waals surface area contributed by atoms with Crippen LogP contribution in [0.3, 0.4) is 0 Å². The molecule has 1 aromatic carbocycles. The Morgan fingerprint density at radius 3 is 2.63 bits per heavy atom. The average molecular weight is 404 g/mol. The van der Waals surface area contributed by atoms with Gasteiger partial charge in [-0.3, -0.25) is 14.6 Å². The number of β-lactam (4-membered cyclic amide) rings is 1. The first-order valence-corrected chi connectivity index (χ1v) is 10.3. The Morgan fingerprint density at radius 2 is 1.90 bits per heavy atom. The monoisotopic (exact) mass is 404 g/mol. The number of rotatable bonds is 4. The molecule has 1 N–H and O–H groups in total. The molecule has 0 spiro atoms.